The van der Waals surface area contributed by atoms with Crippen molar-refractivity contribution in [2.75, 3.05) is 13.7 Å². The van der Waals surface area contributed by atoms with Crippen molar-refractivity contribution in [3.8, 4) is 0 Å². The van der Waals surface area contributed by atoms with Crippen molar-refractivity contribution in [3.05, 3.63) is 11.8 Å². The van der Waals surface area contributed by atoms with Crippen LogP contribution in [0.2, 0.25) is 0 Å². The zero-order valence-corrected chi connectivity index (χ0v) is 13.6. The summed E-state index contributed by atoms with van der Waals surface area (Å²) >= 11 is 0. The zero-order chi connectivity index (χ0) is 16.3. The number of ether oxygens (including phenoxy) is 3. The summed E-state index contributed by atoms with van der Waals surface area (Å²) in [6.07, 6.45) is 2.12. The van der Waals surface area contributed by atoms with Gasteiger partial charge in [-0.2, -0.15) is 0 Å². The van der Waals surface area contributed by atoms with E-state index in [9.17, 15) is 9.59 Å². The molecule has 4 atom stereocenters. The molecule has 1 aliphatic carbocycles. The van der Waals surface area contributed by atoms with Crippen LogP contribution in [-0.2, 0) is 19.0 Å². The number of nitrogens with one attached hydrogen (secondary N) is 1. The van der Waals surface area contributed by atoms with Crippen molar-refractivity contribution in [1.82, 2.24) is 5.32 Å². The lowest BCUT2D eigenvalue weighted by Gasteiger charge is -2.34. The fourth-order valence-corrected chi connectivity index (χ4v) is 3.22. The lowest BCUT2D eigenvalue weighted by Crippen LogP contribution is -2.41. The number of carbonyl (C=O) groups is 2. The highest BCUT2D eigenvalue weighted by atomic mass is 16.7. The molecule has 1 saturated carbocycles. The third kappa shape index (κ3) is 3.54. The van der Waals surface area contributed by atoms with Crippen LogP contribution in [0.3, 0.4) is 0 Å². The van der Waals surface area contributed by atoms with Crippen molar-refractivity contribution < 1.29 is 23.8 Å². The van der Waals surface area contributed by atoms with Gasteiger partial charge in [0.2, 0.25) is 6.29 Å². The fourth-order valence-electron chi connectivity index (χ4n) is 3.22. The Bertz CT molecular complexity index is 459. The summed E-state index contributed by atoms with van der Waals surface area (Å²) in [7, 11) is 1.36. The maximum atomic E-state index is 11.9. The van der Waals surface area contributed by atoms with Gasteiger partial charge in [-0.05, 0) is 24.7 Å². The molecule has 0 aromatic rings. The number of methoxy groups -OCH3 is 1. The predicted octanol–water partition coefficient (Wildman–Crippen LogP) is 2.44. The highest BCUT2D eigenvalue weighted by molar-refractivity contribution is 5.89. The van der Waals surface area contributed by atoms with Crippen LogP contribution < -0.4 is 5.32 Å². The summed E-state index contributed by atoms with van der Waals surface area (Å²) in [6.45, 7) is 6.67. The molecule has 1 heterocycles. The molecule has 0 bridgehead atoms. The summed E-state index contributed by atoms with van der Waals surface area (Å²) in [5, 5.41) is 2.72. The van der Waals surface area contributed by atoms with E-state index in [0.717, 1.165) is 12.8 Å². The van der Waals surface area contributed by atoms with Gasteiger partial charge in [0.1, 0.15) is 0 Å². The van der Waals surface area contributed by atoms with Gasteiger partial charge in [-0.15, -0.1) is 0 Å². The Morgan fingerprint density at radius 1 is 1.41 bits per heavy atom. The quantitative estimate of drug-likeness (QED) is 0.807. The van der Waals surface area contributed by atoms with Crippen LogP contribution >= 0.6 is 0 Å². The SMILES string of the molecule is COC(=O)C1=COC(OC(=O)NCC(C)C)C2C(C)CCC12. The van der Waals surface area contributed by atoms with Crippen LogP contribution in [0.4, 0.5) is 4.79 Å². The van der Waals surface area contributed by atoms with Crippen molar-refractivity contribution in [3.63, 3.8) is 0 Å². The van der Waals surface area contributed by atoms with Gasteiger partial charge in [-0.1, -0.05) is 20.8 Å². The van der Waals surface area contributed by atoms with Gasteiger partial charge in [0.25, 0.3) is 0 Å². The van der Waals surface area contributed by atoms with E-state index in [0.29, 0.717) is 24.0 Å². The van der Waals surface area contributed by atoms with Crippen LogP contribution in [0, 0.1) is 23.7 Å². The minimum absolute atomic E-state index is 0.0103. The Morgan fingerprint density at radius 3 is 2.77 bits per heavy atom. The van der Waals surface area contributed by atoms with Crippen LogP contribution in [0.25, 0.3) is 0 Å². The van der Waals surface area contributed by atoms with E-state index in [4.69, 9.17) is 14.2 Å². The monoisotopic (exact) mass is 311 g/mol. The molecule has 2 aliphatic rings. The Kier molecular flexibility index (Phi) is 5.32. The number of fused-ring (bicyclic) bond motifs is 1. The fraction of sp³-hybridized carbons (Fsp3) is 0.750. The molecule has 6 heteroatoms. The lowest BCUT2D eigenvalue weighted by atomic mass is 9.83. The molecule has 1 N–H and O–H groups in total. The molecule has 22 heavy (non-hydrogen) atoms. The lowest BCUT2D eigenvalue weighted by molar-refractivity contribution is -0.145. The molecular weight excluding hydrogens is 286 g/mol. The molecule has 1 amide bonds. The summed E-state index contributed by atoms with van der Waals surface area (Å²) in [6, 6.07) is 0. The molecular formula is C16H25NO5. The first kappa shape index (κ1) is 16.6. The van der Waals surface area contributed by atoms with Gasteiger partial charge in [-0.25, -0.2) is 9.59 Å². The number of hydrogen-bond donors (Lipinski definition) is 1. The Labute approximate surface area is 131 Å². The van der Waals surface area contributed by atoms with Crippen molar-refractivity contribution in [2.45, 2.75) is 39.9 Å². The second kappa shape index (κ2) is 7.03. The first-order valence-corrected chi connectivity index (χ1v) is 7.82. The number of alkyl carbamates (subject to hydrolysis) is 1. The van der Waals surface area contributed by atoms with E-state index >= 15 is 0 Å². The third-order valence-electron chi connectivity index (χ3n) is 4.40. The summed E-state index contributed by atoms with van der Waals surface area (Å²) in [4.78, 5) is 23.7. The largest absolute Gasteiger partial charge is 0.466 e. The number of esters is 1. The van der Waals surface area contributed by atoms with Crippen LogP contribution in [0.5, 0.6) is 0 Å². The highest BCUT2D eigenvalue weighted by Crippen LogP contribution is 2.46. The van der Waals surface area contributed by atoms with Gasteiger partial charge in [0.15, 0.2) is 0 Å². The molecule has 1 aliphatic heterocycles. The van der Waals surface area contributed by atoms with Crippen LogP contribution in [0.15, 0.2) is 11.8 Å². The van der Waals surface area contributed by atoms with E-state index in [2.05, 4.69) is 12.2 Å². The Morgan fingerprint density at radius 2 is 2.14 bits per heavy atom. The highest BCUT2D eigenvalue weighted by Gasteiger charge is 2.48. The van der Waals surface area contributed by atoms with Crippen LogP contribution in [0.1, 0.15) is 33.6 Å². The van der Waals surface area contributed by atoms with Gasteiger partial charge >= 0.3 is 12.1 Å². The first-order chi connectivity index (χ1) is 10.4. The zero-order valence-electron chi connectivity index (χ0n) is 13.6. The standard InChI is InChI=1S/C16H25NO5/c1-9(2)7-17-16(19)22-15-13-10(3)5-6-11(13)12(8-21-15)14(18)20-4/h8-11,13,15H,5-7H2,1-4H3,(H,17,19). The van der Waals surface area contributed by atoms with Gasteiger partial charge in [0.05, 0.1) is 18.9 Å². The summed E-state index contributed by atoms with van der Waals surface area (Å²) in [5.41, 5.74) is 0.541. The smallest absolute Gasteiger partial charge is 0.410 e. The number of rotatable bonds is 4. The van der Waals surface area contributed by atoms with E-state index in [-0.39, 0.29) is 17.8 Å². The number of hydrogen-bond acceptors (Lipinski definition) is 5. The van der Waals surface area contributed by atoms with Crippen molar-refractivity contribution >= 4 is 12.1 Å². The van der Waals surface area contributed by atoms with Gasteiger partial charge in [-0.3, -0.25) is 0 Å². The molecule has 6 nitrogen and oxygen atoms in total. The summed E-state index contributed by atoms with van der Waals surface area (Å²) < 4.78 is 15.8. The topological polar surface area (TPSA) is 73.9 Å². The predicted molar refractivity (Wildman–Crippen MR) is 79.7 cm³/mol. The second-order valence-corrected chi connectivity index (χ2v) is 6.49. The average molecular weight is 311 g/mol. The molecule has 1 fully saturated rings. The Hall–Kier alpha value is -1.72. The minimum atomic E-state index is -0.650. The van der Waals surface area contributed by atoms with Crippen molar-refractivity contribution in [2.24, 2.45) is 23.7 Å². The number of amides is 1. The first-order valence-electron chi connectivity index (χ1n) is 7.82. The molecule has 124 valence electrons. The van der Waals surface area contributed by atoms with E-state index in [1.807, 2.05) is 13.8 Å². The third-order valence-corrected chi connectivity index (χ3v) is 4.40. The molecule has 0 spiro atoms. The van der Waals surface area contributed by atoms with E-state index in [1.165, 1.54) is 13.4 Å². The summed E-state index contributed by atoms with van der Waals surface area (Å²) in [5.74, 6) is 0.319. The Balaban J connectivity index is 2.05. The normalized spacial score (nSPS) is 30.1. The maximum Gasteiger partial charge on any atom is 0.410 e. The molecule has 0 radical (unpaired) electrons. The molecule has 4 unspecified atom stereocenters. The maximum absolute atomic E-state index is 11.9. The average Bonchev–Trinajstić information content (AvgIpc) is 2.87. The van der Waals surface area contributed by atoms with E-state index in [1.54, 1.807) is 0 Å². The minimum Gasteiger partial charge on any atom is -0.466 e. The van der Waals surface area contributed by atoms with Gasteiger partial charge in [0, 0.05) is 18.4 Å². The molecule has 0 aromatic heterocycles. The van der Waals surface area contributed by atoms with Gasteiger partial charge < -0.3 is 19.5 Å². The molecule has 2 rings (SSSR count). The van der Waals surface area contributed by atoms with E-state index < -0.39 is 12.4 Å². The van der Waals surface area contributed by atoms with Crippen molar-refractivity contribution in [1.29, 1.82) is 0 Å². The molecule has 0 saturated heterocycles. The second-order valence-electron chi connectivity index (χ2n) is 6.49. The number of carbonyl (C=O) groups excluding carboxylic acids is 2. The molecule has 0 aromatic carbocycles. The van der Waals surface area contributed by atoms with Crippen LogP contribution in [-0.4, -0.2) is 32.0 Å².